The van der Waals surface area contributed by atoms with Crippen LogP contribution in [0.2, 0.25) is 0 Å². The van der Waals surface area contributed by atoms with E-state index < -0.39 is 23.7 Å². The highest BCUT2D eigenvalue weighted by Gasteiger charge is 2.30. The Kier molecular flexibility index (Phi) is 6.49. The molecule has 0 saturated heterocycles. The van der Waals surface area contributed by atoms with E-state index in [2.05, 4.69) is 11.8 Å². The molecule has 1 aliphatic rings. The quantitative estimate of drug-likeness (QED) is 0.329. The van der Waals surface area contributed by atoms with Gasteiger partial charge in [0.2, 0.25) is 0 Å². The zero-order valence-corrected chi connectivity index (χ0v) is 16.1. The molecule has 0 radical (unpaired) electrons. The van der Waals surface area contributed by atoms with Gasteiger partial charge < -0.3 is 0 Å². The average molecular weight is 397 g/mol. The van der Waals surface area contributed by atoms with E-state index in [9.17, 15) is 13.2 Å². The molecule has 28 heavy (non-hydrogen) atoms. The minimum atomic E-state index is -1.35. The van der Waals surface area contributed by atoms with E-state index in [0.717, 1.165) is 16.7 Å². The van der Waals surface area contributed by atoms with E-state index in [-0.39, 0.29) is 12.3 Å². The number of nitriles is 1. The monoisotopic (exact) mass is 397 g/mol. The van der Waals surface area contributed by atoms with Crippen molar-refractivity contribution >= 4 is 11.8 Å². The number of rotatable bonds is 3. The topological polar surface area (TPSA) is 23.8 Å². The number of hydrogen-bond donors (Lipinski definition) is 0. The zero-order chi connectivity index (χ0) is 20.1. The number of benzene rings is 2. The lowest BCUT2D eigenvalue weighted by Gasteiger charge is -2.24. The maximum atomic E-state index is 14.5. The molecule has 3 unspecified atom stereocenters. The Labute approximate surface area is 167 Å². The molecule has 0 bridgehead atoms. The van der Waals surface area contributed by atoms with Crippen LogP contribution < -0.4 is 0 Å². The summed E-state index contributed by atoms with van der Waals surface area (Å²) in [5.41, 5.74) is 1.45. The van der Waals surface area contributed by atoms with Crippen molar-refractivity contribution in [2.75, 3.05) is 0 Å². The summed E-state index contributed by atoms with van der Waals surface area (Å²) in [4.78, 5) is 0.780. The molecule has 0 aromatic heterocycles. The molecule has 5 heteroatoms. The van der Waals surface area contributed by atoms with Gasteiger partial charge in [0, 0.05) is 16.0 Å². The van der Waals surface area contributed by atoms with Crippen molar-refractivity contribution in [3.8, 4) is 28.4 Å². The van der Waals surface area contributed by atoms with Crippen LogP contribution in [-0.4, -0.2) is 6.17 Å². The van der Waals surface area contributed by atoms with Crippen LogP contribution in [0.4, 0.5) is 13.2 Å². The lowest BCUT2D eigenvalue weighted by molar-refractivity contribution is 0.211. The van der Waals surface area contributed by atoms with Crippen LogP contribution in [0.3, 0.4) is 0 Å². The molecule has 0 N–H and O–H groups in total. The lowest BCUT2D eigenvalue weighted by atomic mass is 9.85. The lowest BCUT2D eigenvalue weighted by Crippen LogP contribution is -2.23. The number of allylic oxidation sites excluding steroid dienone is 2. The standard InChI is InChI=1S/C23H18F3NS/c1-2-15-11-22(25)20(23(26)12-15)10-4-16-3-9-19(21(24)13-16)17-5-7-18(8-6-17)28-14-27/h3,5-9,11,13,15,20,23H,2,12H2,1H3. The Balaban J connectivity index is 1.80. The molecule has 1 aliphatic carbocycles. The van der Waals surface area contributed by atoms with Gasteiger partial charge in [-0.2, -0.15) is 5.26 Å². The van der Waals surface area contributed by atoms with Crippen LogP contribution in [0, 0.1) is 40.2 Å². The van der Waals surface area contributed by atoms with Crippen LogP contribution in [0.1, 0.15) is 25.3 Å². The number of alkyl halides is 1. The molecule has 2 aromatic rings. The molecule has 0 amide bonds. The van der Waals surface area contributed by atoms with Crippen LogP contribution >= 0.6 is 11.8 Å². The Bertz CT molecular complexity index is 980. The average Bonchev–Trinajstić information content (AvgIpc) is 2.68. The van der Waals surface area contributed by atoms with Crippen molar-refractivity contribution in [3.63, 3.8) is 0 Å². The fourth-order valence-corrected chi connectivity index (χ4v) is 3.56. The van der Waals surface area contributed by atoms with Crippen molar-refractivity contribution in [1.29, 1.82) is 5.26 Å². The number of nitrogens with zero attached hydrogens (tertiary/aromatic N) is 1. The van der Waals surface area contributed by atoms with Crippen molar-refractivity contribution < 1.29 is 13.2 Å². The third kappa shape index (κ3) is 4.61. The van der Waals surface area contributed by atoms with Crippen molar-refractivity contribution in [1.82, 2.24) is 0 Å². The van der Waals surface area contributed by atoms with Gasteiger partial charge in [-0.15, -0.1) is 0 Å². The second-order valence-corrected chi connectivity index (χ2v) is 7.49. The molecule has 0 heterocycles. The fourth-order valence-electron chi connectivity index (χ4n) is 3.18. The Hall–Kier alpha value is -2.63. The van der Waals surface area contributed by atoms with Gasteiger partial charge in [0.05, 0.1) is 0 Å². The van der Waals surface area contributed by atoms with Crippen LogP contribution in [-0.2, 0) is 0 Å². The highest BCUT2D eigenvalue weighted by Crippen LogP contribution is 2.33. The highest BCUT2D eigenvalue weighted by molar-refractivity contribution is 8.03. The number of hydrogen-bond acceptors (Lipinski definition) is 2. The van der Waals surface area contributed by atoms with Crippen molar-refractivity contribution in [3.05, 3.63) is 65.7 Å². The SMILES string of the molecule is CCC1C=C(F)C(C#Cc2ccc(-c3ccc(SC#N)cc3)c(F)c2)C(F)C1. The summed E-state index contributed by atoms with van der Waals surface area (Å²) in [6.45, 7) is 1.90. The van der Waals surface area contributed by atoms with E-state index in [4.69, 9.17) is 5.26 Å². The Morgan fingerprint density at radius 1 is 1.14 bits per heavy atom. The molecule has 2 aromatic carbocycles. The number of thiocyanates is 1. The van der Waals surface area contributed by atoms with Crippen molar-refractivity contribution in [2.45, 2.75) is 30.8 Å². The Morgan fingerprint density at radius 3 is 2.50 bits per heavy atom. The largest absolute Gasteiger partial charge is 0.246 e. The molecular weight excluding hydrogens is 379 g/mol. The molecule has 0 fully saturated rings. The molecule has 1 nitrogen and oxygen atoms in total. The molecule has 0 saturated carbocycles. The van der Waals surface area contributed by atoms with E-state index in [1.165, 1.54) is 12.1 Å². The van der Waals surface area contributed by atoms with E-state index in [1.54, 1.807) is 36.4 Å². The van der Waals surface area contributed by atoms with Gasteiger partial charge in [0.15, 0.2) is 0 Å². The van der Waals surface area contributed by atoms with Crippen LogP contribution in [0.25, 0.3) is 11.1 Å². The molecule has 3 rings (SSSR count). The summed E-state index contributed by atoms with van der Waals surface area (Å²) in [6.07, 6.45) is 1.05. The summed E-state index contributed by atoms with van der Waals surface area (Å²) in [6, 6.07) is 11.5. The first-order chi connectivity index (χ1) is 13.5. The number of halogens is 3. The third-order valence-corrected chi connectivity index (χ3v) is 5.38. The van der Waals surface area contributed by atoms with Crippen molar-refractivity contribution in [2.24, 2.45) is 11.8 Å². The summed E-state index contributed by atoms with van der Waals surface area (Å²) < 4.78 is 42.8. The first kappa shape index (κ1) is 20.1. The van der Waals surface area contributed by atoms with E-state index >= 15 is 0 Å². The van der Waals surface area contributed by atoms with Gasteiger partial charge in [-0.3, -0.25) is 0 Å². The van der Waals surface area contributed by atoms with Gasteiger partial charge in [0.25, 0.3) is 0 Å². The second-order valence-electron chi connectivity index (χ2n) is 6.63. The van der Waals surface area contributed by atoms with Gasteiger partial charge >= 0.3 is 0 Å². The Morgan fingerprint density at radius 2 is 1.89 bits per heavy atom. The van der Waals surface area contributed by atoms with Gasteiger partial charge in [-0.05, 0) is 66.4 Å². The maximum Gasteiger partial charge on any atom is 0.138 e. The zero-order valence-electron chi connectivity index (χ0n) is 15.3. The van der Waals surface area contributed by atoms with Crippen LogP contribution in [0.5, 0.6) is 0 Å². The van der Waals surface area contributed by atoms with E-state index in [1.807, 2.05) is 12.3 Å². The summed E-state index contributed by atoms with van der Waals surface area (Å²) in [5, 5.41) is 10.7. The summed E-state index contributed by atoms with van der Waals surface area (Å²) in [5.74, 6) is 3.14. The van der Waals surface area contributed by atoms with Gasteiger partial charge in [-0.1, -0.05) is 37.0 Å². The molecule has 3 atom stereocenters. The van der Waals surface area contributed by atoms with Crippen LogP contribution in [0.15, 0.2) is 59.3 Å². The molecule has 0 aliphatic heterocycles. The smallest absolute Gasteiger partial charge is 0.138 e. The minimum absolute atomic E-state index is 0.0947. The third-order valence-electron chi connectivity index (χ3n) is 4.78. The second kappa shape index (κ2) is 9.04. The molecule has 142 valence electrons. The fraction of sp³-hybridized carbons (Fsp3) is 0.261. The summed E-state index contributed by atoms with van der Waals surface area (Å²) in [7, 11) is 0. The van der Waals surface area contributed by atoms with Gasteiger partial charge in [-0.25, -0.2) is 13.2 Å². The first-order valence-electron chi connectivity index (χ1n) is 9.00. The normalized spacial score (nSPS) is 21.2. The van der Waals surface area contributed by atoms with Gasteiger partial charge in [0.1, 0.15) is 29.1 Å². The summed E-state index contributed by atoms with van der Waals surface area (Å²) >= 11 is 1.04. The van der Waals surface area contributed by atoms with E-state index in [0.29, 0.717) is 23.1 Å². The predicted molar refractivity (Wildman–Crippen MR) is 106 cm³/mol. The molecule has 0 spiro atoms. The predicted octanol–water partition coefficient (Wildman–Crippen LogP) is 6.65. The maximum absolute atomic E-state index is 14.5. The highest BCUT2D eigenvalue weighted by atomic mass is 32.2. The first-order valence-corrected chi connectivity index (χ1v) is 9.82. The number of thioether (sulfide) groups is 1. The minimum Gasteiger partial charge on any atom is -0.246 e. The molecular formula is C23H18F3NS.